The Balaban J connectivity index is 0.000000319. The molecule has 3 aromatic carbocycles. The van der Waals surface area contributed by atoms with E-state index in [1.165, 1.54) is 22.7 Å². The van der Waals surface area contributed by atoms with E-state index in [1.54, 1.807) is 0 Å². The zero-order chi connectivity index (χ0) is 31.0. The maximum absolute atomic E-state index is 3.59. The predicted molar refractivity (Wildman–Crippen MR) is 204 cm³/mol. The molecule has 239 valence electrons. The minimum atomic E-state index is -0.0957. The SMILES string of the molecule is CC(C)PPP.CC(C)[PH+](C(C)C)C(C)C.CN1[CH-]N(c2[c-]c(N3[CH-]N(C)c4ccccc43)ccc2)c2ccccc21.[OsH]. The summed E-state index contributed by atoms with van der Waals surface area (Å²) in [7, 11) is 9.06. The number of rotatable bonds is 7. The van der Waals surface area contributed by atoms with Crippen molar-refractivity contribution in [1.82, 2.24) is 0 Å². The normalized spacial score (nSPS) is 14.2. The summed E-state index contributed by atoms with van der Waals surface area (Å²) in [6.45, 7) is 22.9. The minimum absolute atomic E-state index is 0. The fourth-order valence-corrected chi connectivity index (χ4v) is 14.1. The summed E-state index contributed by atoms with van der Waals surface area (Å²) < 4.78 is 0. The average Bonchev–Trinajstić information content (AvgIpc) is 3.46. The van der Waals surface area contributed by atoms with Crippen molar-refractivity contribution >= 4 is 67.2 Å². The van der Waals surface area contributed by atoms with Crippen molar-refractivity contribution in [3.8, 4) is 0 Å². The molecule has 0 amide bonds. The molecule has 0 saturated carbocycles. The predicted octanol–water partition coefficient (Wildman–Crippen LogP) is 10.5. The molecule has 0 N–H and O–H groups in total. The molecule has 0 bridgehead atoms. The second-order valence-corrected chi connectivity index (χ2v) is 22.5. The summed E-state index contributed by atoms with van der Waals surface area (Å²) in [5.74, 6) is 0. The van der Waals surface area contributed by atoms with Crippen LogP contribution in [0.25, 0.3) is 0 Å². The van der Waals surface area contributed by atoms with Gasteiger partial charge in [0.25, 0.3) is 0 Å². The number of benzene rings is 3. The maximum atomic E-state index is 3.59. The van der Waals surface area contributed by atoms with Gasteiger partial charge in [0, 0.05) is 30.7 Å². The first-order valence-corrected chi connectivity index (χ1v) is 21.6. The Morgan fingerprint density at radius 3 is 1.28 bits per heavy atom. The topological polar surface area (TPSA) is 13.0 Å². The van der Waals surface area contributed by atoms with Gasteiger partial charge in [-0.3, -0.25) is 0 Å². The van der Waals surface area contributed by atoms with E-state index in [4.69, 9.17) is 0 Å². The average molecular weight is 832 g/mol. The van der Waals surface area contributed by atoms with Crippen LogP contribution in [-0.2, 0) is 19.8 Å². The van der Waals surface area contributed by atoms with Gasteiger partial charge >= 0.3 is 19.8 Å². The number of hydrogen-bond donors (Lipinski definition) is 0. The number of anilines is 6. The first-order valence-electron chi connectivity index (χ1n) is 15.0. The third kappa shape index (κ3) is 10.4. The molecule has 2 aliphatic heterocycles. The van der Waals surface area contributed by atoms with Crippen molar-refractivity contribution in [3.63, 3.8) is 0 Å². The van der Waals surface area contributed by atoms with Crippen LogP contribution in [0.15, 0.2) is 66.7 Å². The van der Waals surface area contributed by atoms with E-state index in [1.807, 2.05) is 0 Å². The van der Waals surface area contributed by atoms with E-state index in [9.17, 15) is 0 Å². The monoisotopic (exact) mass is 833 g/mol. The third-order valence-corrected chi connectivity index (χ3v) is 15.8. The van der Waals surface area contributed by atoms with E-state index in [0.29, 0.717) is 0 Å². The molecule has 0 fully saturated rings. The molecule has 2 heterocycles. The van der Waals surface area contributed by atoms with Crippen LogP contribution in [0.1, 0.15) is 55.4 Å². The molecular weight excluding hydrogens is 779 g/mol. The zero-order valence-corrected chi connectivity index (χ0v) is 34.4. The van der Waals surface area contributed by atoms with Gasteiger partial charge < -0.3 is 19.6 Å². The summed E-state index contributed by atoms with van der Waals surface area (Å²) in [5.41, 5.74) is 10.5. The van der Waals surface area contributed by atoms with Gasteiger partial charge in [-0.1, -0.05) is 54.3 Å². The van der Waals surface area contributed by atoms with Gasteiger partial charge in [0.05, 0.1) is 17.0 Å². The van der Waals surface area contributed by atoms with E-state index in [2.05, 4.69) is 184 Å². The van der Waals surface area contributed by atoms with Crippen LogP contribution >= 0.6 is 33.1 Å². The number of hydrogen-bond acceptors (Lipinski definition) is 4. The van der Waals surface area contributed by atoms with Crippen LogP contribution in [0.4, 0.5) is 34.1 Å². The molecule has 3 unspecified atom stereocenters. The molecule has 4 nitrogen and oxygen atoms in total. The molecular formula is C34H53N4OsP4-2. The van der Waals surface area contributed by atoms with E-state index >= 15 is 0 Å². The standard InChI is InChI=1S/C22H19N4.C9H21P.C3H11P3.Os.H/c1-23-15-25(21-12-5-3-10-19(21)23)17-8-7-9-18(14-17)26-16-24(2)20-11-4-6-13-22(20)26;1-7(2)10(8(3)4)9(5)6;1-3(2)5-6-4;;/h3-13,15-16H,1-2H3;7-9H,1-6H3;3,5-6H,4H2,1-2H3;;/q-3;;;;/p+1. The molecule has 0 radical (unpaired) electrons. The number of nitrogens with zero attached hydrogens (tertiary/aromatic N) is 4. The second-order valence-electron chi connectivity index (χ2n) is 12.0. The van der Waals surface area contributed by atoms with Gasteiger partial charge in [-0.15, -0.1) is 38.5 Å². The van der Waals surface area contributed by atoms with Gasteiger partial charge in [-0.25, -0.2) is 0 Å². The van der Waals surface area contributed by atoms with Gasteiger partial charge in [-0.05, 0) is 85.6 Å². The molecule has 5 rings (SSSR count). The Hall–Kier alpha value is -0.784. The van der Waals surface area contributed by atoms with E-state index < -0.39 is 0 Å². The van der Waals surface area contributed by atoms with Crippen molar-refractivity contribution in [2.24, 2.45) is 0 Å². The molecule has 0 aromatic heterocycles. The summed E-state index contributed by atoms with van der Waals surface area (Å²) in [4.78, 5) is 8.65. The van der Waals surface area contributed by atoms with Crippen molar-refractivity contribution < 1.29 is 19.8 Å². The first-order chi connectivity index (χ1) is 20.0. The van der Waals surface area contributed by atoms with Crippen molar-refractivity contribution in [1.29, 1.82) is 0 Å². The van der Waals surface area contributed by atoms with Crippen molar-refractivity contribution in [2.45, 2.75) is 78.0 Å². The number of para-hydroxylation sites is 4. The fraction of sp³-hybridized carbons (Fsp3) is 0.412. The van der Waals surface area contributed by atoms with E-state index in [0.717, 1.165) is 50.2 Å². The molecule has 0 saturated heterocycles. The van der Waals surface area contributed by atoms with Gasteiger partial charge in [0.15, 0.2) is 0 Å². The first kappa shape index (κ1) is 38.4. The Morgan fingerprint density at radius 2 is 1.00 bits per heavy atom. The van der Waals surface area contributed by atoms with Gasteiger partial charge in [0.2, 0.25) is 0 Å². The van der Waals surface area contributed by atoms with Gasteiger partial charge in [0.1, 0.15) is 0 Å². The van der Waals surface area contributed by atoms with Crippen molar-refractivity contribution in [3.05, 3.63) is 86.1 Å². The van der Waals surface area contributed by atoms with Crippen LogP contribution in [0.5, 0.6) is 0 Å². The van der Waals surface area contributed by atoms with Gasteiger partial charge in [-0.2, -0.15) is 19.4 Å². The molecule has 9 heteroatoms. The molecule has 43 heavy (non-hydrogen) atoms. The summed E-state index contributed by atoms with van der Waals surface area (Å²) >= 11 is 0. The van der Waals surface area contributed by atoms with E-state index in [-0.39, 0.29) is 27.7 Å². The van der Waals surface area contributed by atoms with Crippen LogP contribution in [-0.4, -0.2) is 36.7 Å². The van der Waals surface area contributed by atoms with Crippen LogP contribution in [0.2, 0.25) is 0 Å². The molecule has 3 aromatic rings. The Kier molecular flexibility index (Phi) is 16.4. The Labute approximate surface area is 283 Å². The zero-order valence-electron chi connectivity index (χ0n) is 27.6. The molecule has 2 aliphatic rings. The summed E-state index contributed by atoms with van der Waals surface area (Å²) in [5, 5.41) is 0. The summed E-state index contributed by atoms with van der Waals surface area (Å²) in [6, 6.07) is 26.7. The quantitative estimate of drug-likeness (QED) is 0.174. The van der Waals surface area contributed by atoms with Crippen LogP contribution in [0, 0.1) is 19.4 Å². The van der Waals surface area contributed by atoms with Crippen LogP contribution < -0.4 is 19.6 Å². The second kappa shape index (κ2) is 18.4. The third-order valence-electron chi connectivity index (χ3n) is 7.28. The summed E-state index contributed by atoms with van der Waals surface area (Å²) in [6.07, 6.45) is 0. The molecule has 0 aliphatic carbocycles. The fourth-order valence-electron chi connectivity index (χ4n) is 5.80. The molecule has 3 atom stereocenters. The van der Waals surface area contributed by atoms with Crippen LogP contribution in [0.3, 0.4) is 0 Å². The van der Waals surface area contributed by atoms with Crippen molar-refractivity contribution in [2.75, 3.05) is 33.7 Å². The number of fused-ring (bicyclic) bond motifs is 2. The Morgan fingerprint density at radius 1 is 0.628 bits per heavy atom. The molecule has 0 spiro atoms. The Bertz CT molecular complexity index is 1160.